The van der Waals surface area contributed by atoms with Crippen LogP contribution in [0.2, 0.25) is 0 Å². The molecule has 0 bridgehead atoms. The summed E-state index contributed by atoms with van der Waals surface area (Å²) in [6, 6.07) is 5.15. The lowest BCUT2D eigenvalue weighted by Gasteiger charge is -1.89. The van der Waals surface area contributed by atoms with Crippen LogP contribution in [0.5, 0.6) is 0 Å². The Kier molecular flexibility index (Phi) is 1.21. The van der Waals surface area contributed by atoms with Crippen molar-refractivity contribution in [2.75, 3.05) is 0 Å². The average molecular weight is 160 g/mol. The van der Waals surface area contributed by atoms with Crippen LogP contribution in [0.4, 0.5) is 0 Å². The van der Waals surface area contributed by atoms with E-state index in [4.69, 9.17) is 5.26 Å². The van der Waals surface area contributed by atoms with Gasteiger partial charge in [-0.15, -0.1) is 0 Å². The molecule has 0 aliphatic carbocycles. The number of H-pyrrole nitrogens is 1. The quantitative estimate of drug-likeness (QED) is 0.584. The van der Waals surface area contributed by atoms with Crippen molar-refractivity contribution in [3.8, 4) is 6.07 Å². The number of nitrogens with one attached hydrogen (secondary N) is 1. The first-order valence-corrected chi connectivity index (χ1v) is 3.28. The van der Waals surface area contributed by atoms with Gasteiger partial charge in [0.2, 0.25) is 0 Å². The lowest BCUT2D eigenvalue weighted by atomic mass is 10.3. The van der Waals surface area contributed by atoms with Crippen LogP contribution in [-0.4, -0.2) is 14.6 Å². The normalized spacial score (nSPS) is 9.92. The second-order valence-corrected chi connectivity index (χ2v) is 2.29. The minimum Gasteiger partial charge on any atom is -0.249 e. The first kappa shape index (κ1) is 6.61. The predicted molar refractivity (Wildman–Crippen MR) is 40.5 cm³/mol. The number of nitrogens with zero attached hydrogens (tertiary/aromatic N) is 3. The maximum absolute atomic E-state index is 11.0. The molecule has 1 N–H and O–H groups in total. The number of aromatic nitrogens is 3. The van der Waals surface area contributed by atoms with E-state index in [1.165, 1.54) is 10.6 Å². The summed E-state index contributed by atoms with van der Waals surface area (Å²) in [6.07, 6.45) is 1.45. The van der Waals surface area contributed by atoms with Gasteiger partial charge >= 0.3 is 5.69 Å². The van der Waals surface area contributed by atoms with E-state index in [0.717, 1.165) is 0 Å². The first-order chi connectivity index (χ1) is 5.81. The number of hydrogen-bond donors (Lipinski definition) is 1. The molecule has 2 aromatic rings. The minimum absolute atomic E-state index is 0.331. The SMILES string of the molecule is N#Cc1ccc2n[nH]c(=O)n2c1. The maximum Gasteiger partial charge on any atom is 0.347 e. The molecule has 0 aliphatic rings. The van der Waals surface area contributed by atoms with E-state index in [9.17, 15) is 4.79 Å². The van der Waals surface area contributed by atoms with Crippen LogP contribution in [0.3, 0.4) is 0 Å². The number of pyridine rings is 1. The van der Waals surface area contributed by atoms with Crippen LogP contribution >= 0.6 is 0 Å². The van der Waals surface area contributed by atoms with Gasteiger partial charge in [-0.05, 0) is 12.1 Å². The Hall–Kier alpha value is -2.09. The molecule has 0 aliphatic heterocycles. The summed E-state index contributed by atoms with van der Waals surface area (Å²) in [6.45, 7) is 0. The number of rotatable bonds is 0. The molecule has 0 saturated heterocycles. The third-order valence-electron chi connectivity index (χ3n) is 1.54. The van der Waals surface area contributed by atoms with Crippen LogP contribution in [0.1, 0.15) is 5.56 Å². The highest BCUT2D eigenvalue weighted by Gasteiger charge is 1.98. The van der Waals surface area contributed by atoms with E-state index in [1.54, 1.807) is 12.1 Å². The smallest absolute Gasteiger partial charge is 0.249 e. The van der Waals surface area contributed by atoms with E-state index >= 15 is 0 Å². The molecule has 5 heteroatoms. The van der Waals surface area contributed by atoms with Crippen molar-refractivity contribution in [1.29, 1.82) is 5.26 Å². The molecule has 0 saturated carbocycles. The van der Waals surface area contributed by atoms with E-state index in [-0.39, 0.29) is 5.69 Å². The second kappa shape index (κ2) is 2.20. The van der Waals surface area contributed by atoms with Crippen LogP contribution in [0, 0.1) is 11.3 Å². The molecule has 2 rings (SSSR count). The Bertz CT molecular complexity index is 516. The molecule has 12 heavy (non-hydrogen) atoms. The van der Waals surface area contributed by atoms with Gasteiger partial charge in [0.1, 0.15) is 6.07 Å². The molecule has 5 nitrogen and oxygen atoms in total. The molecule has 0 spiro atoms. The van der Waals surface area contributed by atoms with Crippen LogP contribution in [0.15, 0.2) is 23.1 Å². The topological polar surface area (TPSA) is 73.9 Å². The maximum atomic E-state index is 11.0. The van der Waals surface area contributed by atoms with Gasteiger partial charge in [-0.2, -0.15) is 10.4 Å². The lowest BCUT2D eigenvalue weighted by molar-refractivity contribution is 1.02. The molecule has 0 aromatic carbocycles. The molecular formula is C7H4N4O. The number of hydrogen-bond acceptors (Lipinski definition) is 3. The fourth-order valence-corrected chi connectivity index (χ4v) is 0.972. The standard InChI is InChI=1S/C7H4N4O/c8-3-5-1-2-6-9-10-7(12)11(6)4-5/h1-2,4H,(H,10,12). The average Bonchev–Trinajstić information content (AvgIpc) is 2.47. The third kappa shape index (κ3) is 0.787. The van der Waals surface area contributed by atoms with Crippen molar-refractivity contribution in [2.45, 2.75) is 0 Å². The highest BCUT2D eigenvalue weighted by Crippen LogP contribution is 1.98. The highest BCUT2D eigenvalue weighted by atomic mass is 16.1. The monoisotopic (exact) mass is 160 g/mol. The van der Waals surface area contributed by atoms with Gasteiger partial charge in [-0.25, -0.2) is 14.3 Å². The second-order valence-electron chi connectivity index (χ2n) is 2.29. The highest BCUT2D eigenvalue weighted by molar-refractivity contribution is 5.41. The van der Waals surface area contributed by atoms with Gasteiger partial charge in [0.15, 0.2) is 5.65 Å². The van der Waals surface area contributed by atoms with Crippen molar-refractivity contribution in [1.82, 2.24) is 14.6 Å². The zero-order valence-electron chi connectivity index (χ0n) is 5.98. The summed E-state index contributed by atoms with van der Waals surface area (Å²) in [5.74, 6) is 0. The molecule has 0 radical (unpaired) electrons. The van der Waals surface area contributed by atoms with E-state index in [0.29, 0.717) is 11.2 Å². The van der Waals surface area contributed by atoms with Crippen LogP contribution in [0.25, 0.3) is 5.65 Å². The Morgan fingerprint density at radius 2 is 2.42 bits per heavy atom. The molecule has 0 fully saturated rings. The predicted octanol–water partition coefficient (Wildman–Crippen LogP) is -0.106. The van der Waals surface area contributed by atoms with E-state index < -0.39 is 0 Å². The summed E-state index contributed by atoms with van der Waals surface area (Å²) in [4.78, 5) is 11.0. The van der Waals surface area contributed by atoms with Crippen molar-refractivity contribution in [3.63, 3.8) is 0 Å². The first-order valence-electron chi connectivity index (χ1n) is 3.28. The summed E-state index contributed by atoms with van der Waals surface area (Å²) in [5.41, 5.74) is 0.618. The fourth-order valence-electron chi connectivity index (χ4n) is 0.972. The molecule has 2 aromatic heterocycles. The summed E-state index contributed by atoms with van der Waals surface area (Å²) >= 11 is 0. The number of nitriles is 1. The Morgan fingerprint density at radius 1 is 1.58 bits per heavy atom. The van der Waals surface area contributed by atoms with Crippen LogP contribution < -0.4 is 5.69 Å². The van der Waals surface area contributed by atoms with Gasteiger partial charge in [0.25, 0.3) is 0 Å². The fraction of sp³-hybridized carbons (Fsp3) is 0. The van der Waals surface area contributed by atoms with Crippen LogP contribution in [-0.2, 0) is 0 Å². The van der Waals surface area contributed by atoms with Crippen molar-refractivity contribution < 1.29 is 0 Å². The molecule has 0 atom stereocenters. The van der Waals surface area contributed by atoms with Crippen molar-refractivity contribution >= 4 is 5.65 Å². The number of aromatic amines is 1. The lowest BCUT2D eigenvalue weighted by Crippen LogP contribution is -2.08. The molecule has 0 unspecified atom stereocenters. The Morgan fingerprint density at radius 3 is 3.17 bits per heavy atom. The summed E-state index contributed by atoms with van der Waals surface area (Å²) in [5, 5.41) is 14.5. The van der Waals surface area contributed by atoms with E-state index in [2.05, 4.69) is 10.2 Å². The molecule has 2 heterocycles. The summed E-state index contributed by atoms with van der Waals surface area (Å²) < 4.78 is 1.29. The van der Waals surface area contributed by atoms with Gasteiger partial charge in [0, 0.05) is 6.20 Å². The summed E-state index contributed by atoms with van der Waals surface area (Å²) in [7, 11) is 0. The minimum atomic E-state index is -0.331. The zero-order chi connectivity index (χ0) is 8.55. The molecular weight excluding hydrogens is 156 g/mol. The zero-order valence-corrected chi connectivity index (χ0v) is 5.98. The molecule has 0 amide bonds. The van der Waals surface area contributed by atoms with Crippen molar-refractivity contribution in [2.24, 2.45) is 0 Å². The van der Waals surface area contributed by atoms with Crippen molar-refractivity contribution in [3.05, 3.63) is 34.4 Å². The number of fused-ring (bicyclic) bond motifs is 1. The van der Waals surface area contributed by atoms with E-state index in [1.807, 2.05) is 6.07 Å². The Balaban J connectivity index is 2.91. The Labute approximate surface area is 66.9 Å². The van der Waals surface area contributed by atoms with Gasteiger partial charge in [0.05, 0.1) is 5.56 Å². The molecule has 58 valence electrons. The largest absolute Gasteiger partial charge is 0.347 e. The van der Waals surface area contributed by atoms with Gasteiger partial charge in [-0.1, -0.05) is 0 Å². The van der Waals surface area contributed by atoms with Gasteiger partial charge in [-0.3, -0.25) is 0 Å². The third-order valence-corrected chi connectivity index (χ3v) is 1.54. The van der Waals surface area contributed by atoms with Gasteiger partial charge < -0.3 is 0 Å².